The van der Waals surface area contributed by atoms with Crippen molar-refractivity contribution in [3.8, 4) is 0 Å². The molecule has 54 heavy (non-hydrogen) atoms. The fourth-order valence-corrected chi connectivity index (χ4v) is 9.63. The summed E-state index contributed by atoms with van der Waals surface area (Å²) in [5, 5.41) is 4.83. The van der Waals surface area contributed by atoms with E-state index >= 15 is 0 Å². The van der Waals surface area contributed by atoms with Gasteiger partial charge in [0, 0.05) is 57.1 Å². The minimum atomic E-state index is 0.275. The third kappa shape index (κ3) is 5.93. The van der Waals surface area contributed by atoms with Crippen LogP contribution in [0.25, 0.3) is 17.7 Å². The Labute approximate surface area is 321 Å². The molecule has 4 heteroatoms. The number of para-hydroxylation sites is 3. The predicted molar refractivity (Wildman–Crippen MR) is 229 cm³/mol. The summed E-state index contributed by atoms with van der Waals surface area (Å²) in [6.45, 7) is 0. The van der Waals surface area contributed by atoms with Crippen molar-refractivity contribution in [3.05, 3.63) is 214 Å². The summed E-state index contributed by atoms with van der Waals surface area (Å²) in [5.41, 5.74) is 11.4. The minimum absolute atomic E-state index is 0.275. The first-order valence-corrected chi connectivity index (χ1v) is 19.9. The SMILES string of the molecule is C1=CC(c2cccc(N(c3ccccc3)c3cccc4c3=CCC3C=4C=CN3c3ccccc3)c2)CC=C1N(c1ccccc1)C1C=Cc2ccsc2C1. The second-order valence-electron chi connectivity index (χ2n) is 14.4. The average molecular weight is 716 g/mol. The Balaban J connectivity index is 0.981. The van der Waals surface area contributed by atoms with Gasteiger partial charge in [-0.2, -0.15) is 0 Å². The van der Waals surface area contributed by atoms with Crippen molar-refractivity contribution < 1.29 is 0 Å². The van der Waals surface area contributed by atoms with Gasteiger partial charge < -0.3 is 14.7 Å². The van der Waals surface area contributed by atoms with Crippen molar-refractivity contribution in [1.82, 2.24) is 0 Å². The summed E-state index contributed by atoms with van der Waals surface area (Å²) >= 11 is 1.87. The molecule has 5 aromatic carbocycles. The van der Waals surface area contributed by atoms with Crippen molar-refractivity contribution in [2.75, 3.05) is 14.7 Å². The largest absolute Gasteiger partial charge is 0.340 e. The van der Waals surface area contributed by atoms with E-state index in [1.165, 1.54) is 60.5 Å². The molecule has 0 radical (unpaired) electrons. The first-order chi connectivity index (χ1) is 26.8. The fourth-order valence-electron chi connectivity index (χ4n) is 8.71. The summed E-state index contributed by atoms with van der Waals surface area (Å²) < 4.78 is 0. The van der Waals surface area contributed by atoms with E-state index in [9.17, 15) is 0 Å². The Morgan fingerprint density at radius 3 is 2.19 bits per heavy atom. The number of nitrogens with zero attached hydrogens (tertiary/aromatic N) is 3. The third-order valence-corrected chi connectivity index (χ3v) is 12.3. The van der Waals surface area contributed by atoms with Crippen LogP contribution in [0.5, 0.6) is 0 Å². The first-order valence-electron chi connectivity index (χ1n) is 19.1. The van der Waals surface area contributed by atoms with Gasteiger partial charge >= 0.3 is 0 Å². The van der Waals surface area contributed by atoms with Crippen LogP contribution in [0.15, 0.2) is 187 Å². The molecule has 3 aliphatic carbocycles. The summed E-state index contributed by atoms with van der Waals surface area (Å²) in [5.74, 6) is 0.287. The monoisotopic (exact) mass is 715 g/mol. The molecule has 262 valence electrons. The first kappa shape index (κ1) is 32.5. The molecule has 4 aliphatic rings. The molecule has 1 aromatic heterocycles. The Bertz CT molecular complexity index is 2560. The van der Waals surface area contributed by atoms with Crippen molar-refractivity contribution >= 4 is 57.5 Å². The Morgan fingerprint density at radius 1 is 0.630 bits per heavy atom. The van der Waals surface area contributed by atoms with E-state index in [1.807, 2.05) is 11.3 Å². The van der Waals surface area contributed by atoms with Crippen LogP contribution in [-0.2, 0) is 6.42 Å². The molecule has 0 N–H and O–H groups in total. The van der Waals surface area contributed by atoms with Crippen LogP contribution in [0.3, 0.4) is 0 Å². The summed E-state index contributed by atoms with van der Waals surface area (Å²) in [6.07, 6.45) is 21.9. The maximum absolute atomic E-state index is 2.52. The molecule has 0 saturated carbocycles. The molecule has 6 aromatic rings. The molecule has 3 nitrogen and oxygen atoms in total. The molecular formula is C50H41N3S. The Kier molecular flexibility index (Phi) is 8.46. The number of allylic oxidation sites excluding steroid dienone is 3. The maximum Gasteiger partial charge on any atom is 0.0627 e. The van der Waals surface area contributed by atoms with Gasteiger partial charge in [-0.1, -0.05) is 109 Å². The van der Waals surface area contributed by atoms with Crippen LogP contribution < -0.4 is 25.1 Å². The standard InChI is InChI=1S/C50H41N3S/c1-4-13-39(14-5-1)51-32-30-47-45-20-11-21-49(46(45)28-29-48(47)51)53(41-17-8-3-9-18-41)43-19-10-12-38(34-43)36-22-25-42(26-23-36)52(40-15-6-2-7-16-40)44-27-24-37-31-33-54-50(37)35-44/h1-22,24-28,30-34,36,44,48H,23,29,35H2. The second kappa shape index (κ2) is 14.0. The smallest absolute Gasteiger partial charge is 0.0627 e. The van der Waals surface area contributed by atoms with Crippen LogP contribution in [0.2, 0.25) is 0 Å². The summed E-state index contributed by atoms with van der Waals surface area (Å²) in [7, 11) is 0. The van der Waals surface area contributed by atoms with Gasteiger partial charge in [0.1, 0.15) is 0 Å². The molecule has 0 amide bonds. The fraction of sp³-hybridized carbons (Fsp3) is 0.120. The van der Waals surface area contributed by atoms with Crippen LogP contribution >= 0.6 is 11.3 Å². The van der Waals surface area contributed by atoms with Crippen LogP contribution in [0, 0.1) is 0 Å². The highest BCUT2D eigenvalue weighted by molar-refractivity contribution is 7.10. The van der Waals surface area contributed by atoms with Gasteiger partial charge in [0.25, 0.3) is 0 Å². The molecule has 1 aliphatic heterocycles. The quantitative estimate of drug-likeness (QED) is 0.155. The molecular weight excluding hydrogens is 675 g/mol. The van der Waals surface area contributed by atoms with E-state index in [0.717, 1.165) is 24.9 Å². The van der Waals surface area contributed by atoms with Gasteiger partial charge in [0.15, 0.2) is 0 Å². The molecule has 0 spiro atoms. The predicted octanol–water partition coefficient (Wildman–Crippen LogP) is 11.0. The summed E-state index contributed by atoms with van der Waals surface area (Å²) in [4.78, 5) is 8.86. The average Bonchev–Trinajstić information content (AvgIpc) is 3.90. The van der Waals surface area contributed by atoms with E-state index in [2.05, 4.69) is 208 Å². The Hall–Kier alpha value is -6.10. The number of rotatable bonds is 8. The number of fused-ring (bicyclic) bond motifs is 3. The number of hydrogen-bond acceptors (Lipinski definition) is 4. The van der Waals surface area contributed by atoms with Crippen LogP contribution in [-0.4, -0.2) is 12.1 Å². The van der Waals surface area contributed by atoms with Crippen molar-refractivity contribution in [3.63, 3.8) is 0 Å². The Morgan fingerprint density at radius 2 is 1.39 bits per heavy atom. The lowest BCUT2D eigenvalue weighted by atomic mass is 9.90. The molecule has 10 rings (SSSR count). The van der Waals surface area contributed by atoms with Gasteiger partial charge in [-0.15, -0.1) is 11.3 Å². The highest BCUT2D eigenvalue weighted by Crippen LogP contribution is 2.39. The van der Waals surface area contributed by atoms with Gasteiger partial charge in [0.2, 0.25) is 0 Å². The zero-order valence-electron chi connectivity index (χ0n) is 30.1. The van der Waals surface area contributed by atoms with E-state index in [1.54, 1.807) is 0 Å². The van der Waals surface area contributed by atoms with Crippen LogP contribution in [0.1, 0.15) is 34.8 Å². The zero-order valence-corrected chi connectivity index (χ0v) is 30.9. The van der Waals surface area contributed by atoms with Gasteiger partial charge in [-0.05, 0) is 113 Å². The van der Waals surface area contributed by atoms with Gasteiger partial charge in [-0.3, -0.25) is 0 Å². The number of thiophene rings is 1. The van der Waals surface area contributed by atoms with Gasteiger partial charge in [-0.25, -0.2) is 0 Å². The lowest BCUT2D eigenvalue weighted by Gasteiger charge is -2.36. The van der Waals surface area contributed by atoms with Crippen molar-refractivity contribution in [2.24, 2.45) is 0 Å². The van der Waals surface area contributed by atoms with Gasteiger partial charge in [0.05, 0.1) is 17.8 Å². The number of anilines is 5. The highest BCUT2D eigenvalue weighted by atomic mass is 32.1. The lowest BCUT2D eigenvalue weighted by molar-refractivity contribution is 0.739. The molecule has 2 heterocycles. The van der Waals surface area contributed by atoms with Crippen molar-refractivity contribution in [2.45, 2.75) is 37.3 Å². The normalized spacial score (nSPS) is 19.4. The summed E-state index contributed by atoms with van der Waals surface area (Å²) in [6, 6.07) is 51.3. The maximum atomic E-state index is 2.52. The topological polar surface area (TPSA) is 9.72 Å². The van der Waals surface area contributed by atoms with E-state index in [4.69, 9.17) is 0 Å². The molecule has 0 bridgehead atoms. The highest BCUT2D eigenvalue weighted by Gasteiger charge is 2.29. The molecule has 3 unspecified atom stereocenters. The third-order valence-electron chi connectivity index (χ3n) is 11.3. The number of hydrogen-bond donors (Lipinski definition) is 0. The van der Waals surface area contributed by atoms with E-state index in [0.29, 0.717) is 6.04 Å². The minimum Gasteiger partial charge on any atom is -0.340 e. The van der Waals surface area contributed by atoms with E-state index < -0.39 is 0 Å². The molecule has 0 saturated heterocycles. The number of benzene rings is 5. The van der Waals surface area contributed by atoms with Crippen LogP contribution in [0.4, 0.5) is 28.4 Å². The zero-order chi connectivity index (χ0) is 35.8. The molecule has 3 atom stereocenters. The van der Waals surface area contributed by atoms with Crippen molar-refractivity contribution in [1.29, 1.82) is 0 Å². The molecule has 0 fully saturated rings. The van der Waals surface area contributed by atoms with E-state index in [-0.39, 0.29) is 12.0 Å². The lowest BCUT2D eigenvalue weighted by Crippen LogP contribution is -2.40. The second-order valence-corrected chi connectivity index (χ2v) is 15.4.